The van der Waals surface area contributed by atoms with E-state index in [1.54, 1.807) is 44.0 Å². The number of methoxy groups -OCH3 is 2. The number of fused-ring (bicyclic) bond motifs is 1. The van der Waals surface area contributed by atoms with Gasteiger partial charge >= 0.3 is 0 Å². The molecule has 2 amide bonds. The number of likely N-dealkylation sites (N-methyl/N-ethyl adjacent to an activating group) is 1. The van der Waals surface area contributed by atoms with Crippen molar-refractivity contribution >= 4 is 23.6 Å². The number of nitrogens with zero attached hydrogens (tertiary/aromatic N) is 2. The van der Waals surface area contributed by atoms with Crippen molar-refractivity contribution in [3.63, 3.8) is 0 Å². The van der Waals surface area contributed by atoms with Gasteiger partial charge in [0.25, 0.3) is 5.91 Å². The molecule has 1 fully saturated rings. The molecule has 2 aromatic rings. The molecule has 4 rings (SSSR count). The Balaban J connectivity index is 1.86. The highest BCUT2D eigenvalue weighted by atomic mass is 32.2. The molecule has 176 valence electrons. The fraction of sp³-hybridized carbons (Fsp3) is 0.462. The zero-order chi connectivity index (χ0) is 23.7. The van der Waals surface area contributed by atoms with Gasteiger partial charge in [-0.3, -0.25) is 9.59 Å². The Kier molecular flexibility index (Phi) is 6.88. The van der Waals surface area contributed by atoms with E-state index < -0.39 is 12.0 Å². The summed E-state index contributed by atoms with van der Waals surface area (Å²) in [7, 11) is 4.91. The number of thioether (sulfide) groups is 1. The number of carbonyl (C=O) groups is 2. The Morgan fingerprint density at radius 3 is 2.21 bits per heavy atom. The number of hydrogen-bond acceptors (Lipinski definition) is 5. The molecule has 0 unspecified atom stereocenters. The van der Waals surface area contributed by atoms with E-state index in [0.717, 1.165) is 36.4 Å². The van der Waals surface area contributed by atoms with E-state index >= 15 is 0 Å². The summed E-state index contributed by atoms with van der Waals surface area (Å²) < 4.78 is 11.0. The molecule has 2 heterocycles. The van der Waals surface area contributed by atoms with Gasteiger partial charge in [-0.2, -0.15) is 0 Å². The maximum Gasteiger partial charge on any atom is 0.254 e. The second-order valence-electron chi connectivity index (χ2n) is 8.91. The van der Waals surface area contributed by atoms with Crippen molar-refractivity contribution in [1.82, 2.24) is 9.80 Å². The standard InChI is InChI=1S/C26H32N2O4S/c1-16-10-12-28(13-11-16)26(30)23-19-14-21(31-3)22(32-4)15-20(19)25(29)27(2)24(23)17-6-8-18(33-5)9-7-17/h6-9,14-16,23-24H,10-13H2,1-5H3/t23-,24-/m0/s1. The smallest absolute Gasteiger partial charge is 0.254 e. The second kappa shape index (κ2) is 9.67. The number of ether oxygens (including phenoxy) is 2. The van der Waals surface area contributed by atoms with Crippen molar-refractivity contribution in [1.29, 1.82) is 0 Å². The number of piperidine rings is 1. The van der Waals surface area contributed by atoms with Crippen molar-refractivity contribution in [2.45, 2.75) is 36.6 Å². The third-order valence-corrected chi connectivity index (χ3v) is 7.74. The number of carbonyl (C=O) groups excluding carboxylic acids is 2. The maximum absolute atomic E-state index is 14.0. The van der Waals surface area contributed by atoms with Crippen molar-refractivity contribution in [3.8, 4) is 11.5 Å². The van der Waals surface area contributed by atoms with Crippen LogP contribution in [-0.4, -0.2) is 62.2 Å². The lowest BCUT2D eigenvalue weighted by molar-refractivity contribution is -0.135. The average molecular weight is 469 g/mol. The van der Waals surface area contributed by atoms with Gasteiger partial charge in [0.15, 0.2) is 11.5 Å². The molecule has 2 aliphatic rings. The molecule has 0 saturated carbocycles. The molecule has 33 heavy (non-hydrogen) atoms. The lowest BCUT2D eigenvalue weighted by Gasteiger charge is -2.43. The van der Waals surface area contributed by atoms with Crippen molar-refractivity contribution in [3.05, 3.63) is 53.1 Å². The van der Waals surface area contributed by atoms with E-state index in [9.17, 15) is 9.59 Å². The maximum atomic E-state index is 14.0. The van der Waals surface area contributed by atoms with Crippen LogP contribution in [0.5, 0.6) is 11.5 Å². The minimum absolute atomic E-state index is 0.0636. The predicted octanol–water partition coefficient (Wildman–Crippen LogP) is 4.59. The van der Waals surface area contributed by atoms with Gasteiger partial charge in [0.2, 0.25) is 5.91 Å². The van der Waals surface area contributed by atoms with Crippen molar-refractivity contribution in [2.75, 3.05) is 40.6 Å². The van der Waals surface area contributed by atoms with Gasteiger partial charge in [0, 0.05) is 30.6 Å². The normalized spacial score (nSPS) is 21.1. The number of rotatable bonds is 5. The first-order valence-electron chi connectivity index (χ1n) is 11.3. The average Bonchev–Trinajstić information content (AvgIpc) is 2.85. The molecule has 6 nitrogen and oxygen atoms in total. The SMILES string of the molecule is COc1cc2c(cc1OC)[C@H](C(=O)N1CCC(C)CC1)[C@H](c1ccc(SC)cc1)N(C)C2=O. The van der Waals surface area contributed by atoms with Crippen LogP contribution in [0.3, 0.4) is 0 Å². The fourth-order valence-corrected chi connectivity index (χ4v) is 5.37. The topological polar surface area (TPSA) is 59.1 Å². The van der Waals surface area contributed by atoms with Crippen LogP contribution in [0.2, 0.25) is 0 Å². The van der Waals surface area contributed by atoms with Crippen molar-refractivity contribution < 1.29 is 19.1 Å². The Morgan fingerprint density at radius 2 is 1.64 bits per heavy atom. The minimum Gasteiger partial charge on any atom is -0.493 e. The molecule has 0 spiro atoms. The third-order valence-electron chi connectivity index (χ3n) is 6.99. The van der Waals surface area contributed by atoms with Crippen LogP contribution in [0.25, 0.3) is 0 Å². The van der Waals surface area contributed by atoms with Crippen LogP contribution >= 0.6 is 11.8 Å². The summed E-state index contributed by atoms with van der Waals surface area (Å²) in [6.45, 7) is 3.72. The van der Waals surface area contributed by atoms with E-state index in [0.29, 0.717) is 28.5 Å². The van der Waals surface area contributed by atoms with E-state index in [4.69, 9.17) is 9.47 Å². The van der Waals surface area contributed by atoms with Crippen LogP contribution in [-0.2, 0) is 4.79 Å². The molecule has 1 saturated heterocycles. The lowest BCUT2D eigenvalue weighted by Crippen LogP contribution is -2.48. The largest absolute Gasteiger partial charge is 0.493 e. The number of amides is 2. The first-order chi connectivity index (χ1) is 15.9. The van der Waals surface area contributed by atoms with Crippen molar-refractivity contribution in [2.24, 2.45) is 5.92 Å². The molecule has 0 aliphatic carbocycles. The molecule has 2 aliphatic heterocycles. The van der Waals surface area contributed by atoms with Crippen LogP contribution in [0.15, 0.2) is 41.3 Å². The number of likely N-dealkylation sites (tertiary alicyclic amines) is 1. The summed E-state index contributed by atoms with van der Waals surface area (Å²) >= 11 is 1.67. The second-order valence-corrected chi connectivity index (χ2v) is 9.79. The van der Waals surface area contributed by atoms with Gasteiger partial charge in [-0.1, -0.05) is 19.1 Å². The molecular weight excluding hydrogens is 436 g/mol. The highest BCUT2D eigenvalue weighted by Gasteiger charge is 2.45. The molecule has 2 atom stereocenters. The Labute approximate surface area is 200 Å². The minimum atomic E-state index is -0.518. The quantitative estimate of drug-likeness (QED) is 0.601. The molecular formula is C26H32N2O4S. The monoisotopic (exact) mass is 468 g/mol. The zero-order valence-electron chi connectivity index (χ0n) is 20.0. The van der Waals surface area contributed by atoms with Crippen LogP contribution in [0, 0.1) is 5.92 Å². The van der Waals surface area contributed by atoms with Crippen LogP contribution in [0.4, 0.5) is 0 Å². The summed E-state index contributed by atoms with van der Waals surface area (Å²) in [5.41, 5.74) is 2.15. The van der Waals surface area contributed by atoms with E-state index in [1.807, 2.05) is 41.5 Å². The lowest BCUT2D eigenvalue weighted by atomic mass is 9.78. The molecule has 7 heteroatoms. The molecule has 0 N–H and O–H groups in total. The Morgan fingerprint density at radius 1 is 1.03 bits per heavy atom. The van der Waals surface area contributed by atoms with Crippen LogP contribution in [0.1, 0.15) is 53.2 Å². The fourth-order valence-electron chi connectivity index (χ4n) is 4.96. The van der Waals surface area contributed by atoms with Gasteiger partial charge in [0.05, 0.1) is 26.2 Å². The number of hydrogen-bond donors (Lipinski definition) is 0. The highest BCUT2D eigenvalue weighted by Crippen LogP contribution is 2.46. The van der Waals surface area contributed by atoms with Gasteiger partial charge in [-0.15, -0.1) is 11.8 Å². The zero-order valence-corrected chi connectivity index (χ0v) is 20.8. The Hall–Kier alpha value is -2.67. The first-order valence-corrected chi connectivity index (χ1v) is 12.6. The molecule has 0 bridgehead atoms. The summed E-state index contributed by atoms with van der Waals surface area (Å²) in [6.07, 6.45) is 4.03. The number of benzene rings is 2. The summed E-state index contributed by atoms with van der Waals surface area (Å²) in [5.74, 6) is 1.05. The van der Waals surface area contributed by atoms with Gasteiger partial charge < -0.3 is 19.3 Å². The molecule has 0 aromatic heterocycles. The van der Waals surface area contributed by atoms with E-state index in [-0.39, 0.29) is 11.8 Å². The highest BCUT2D eigenvalue weighted by molar-refractivity contribution is 7.98. The molecule has 2 aromatic carbocycles. The van der Waals surface area contributed by atoms with Crippen LogP contribution < -0.4 is 9.47 Å². The van der Waals surface area contributed by atoms with Gasteiger partial charge in [-0.05, 0) is 60.4 Å². The first kappa shape index (κ1) is 23.5. The van der Waals surface area contributed by atoms with Gasteiger partial charge in [-0.25, -0.2) is 0 Å². The predicted molar refractivity (Wildman–Crippen MR) is 130 cm³/mol. The van der Waals surface area contributed by atoms with Gasteiger partial charge in [0.1, 0.15) is 0 Å². The summed E-state index contributed by atoms with van der Waals surface area (Å²) in [5, 5.41) is 0. The third kappa shape index (κ3) is 4.31. The Bertz CT molecular complexity index is 1030. The summed E-state index contributed by atoms with van der Waals surface area (Å²) in [6, 6.07) is 11.3. The van der Waals surface area contributed by atoms with E-state index in [2.05, 4.69) is 6.92 Å². The van der Waals surface area contributed by atoms with E-state index in [1.165, 1.54) is 0 Å². The molecule has 0 radical (unpaired) electrons. The summed E-state index contributed by atoms with van der Waals surface area (Å²) in [4.78, 5) is 32.3.